The fraction of sp³-hybridized carbons (Fsp3) is 0.238. The van der Waals surface area contributed by atoms with E-state index < -0.39 is 0 Å². The highest BCUT2D eigenvalue weighted by Crippen LogP contribution is 2.16. The molecule has 0 radical (unpaired) electrons. The summed E-state index contributed by atoms with van der Waals surface area (Å²) in [4.78, 5) is 27.2. The molecule has 3 rings (SSSR count). The number of amides is 1. The maximum absolute atomic E-state index is 12.8. The summed E-state index contributed by atoms with van der Waals surface area (Å²) in [6.45, 7) is 2.92. The van der Waals surface area contributed by atoms with E-state index >= 15 is 0 Å². The lowest BCUT2D eigenvalue weighted by atomic mass is 10.2. The van der Waals surface area contributed by atoms with Crippen LogP contribution in [0.4, 0.5) is 5.95 Å². The molecular formula is C21H22ClN5O. The number of rotatable bonds is 7. The third-order valence-corrected chi connectivity index (χ3v) is 4.67. The van der Waals surface area contributed by atoms with Crippen molar-refractivity contribution in [2.45, 2.75) is 19.9 Å². The van der Waals surface area contributed by atoms with Gasteiger partial charge in [0.25, 0.3) is 5.91 Å². The molecule has 1 amide bonds. The molecule has 28 heavy (non-hydrogen) atoms. The van der Waals surface area contributed by atoms with Crippen molar-refractivity contribution in [3.05, 3.63) is 82.4 Å². The Labute approximate surface area is 169 Å². The van der Waals surface area contributed by atoms with Crippen molar-refractivity contribution in [1.82, 2.24) is 19.9 Å². The Bertz CT molecular complexity index is 949. The molecule has 0 aliphatic rings. The number of hydrogen-bond acceptors (Lipinski definition) is 5. The summed E-state index contributed by atoms with van der Waals surface area (Å²) in [5, 5.41) is 3.83. The molecule has 144 valence electrons. The van der Waals surface area contributed by atoms with Gasteiger partial charge in [0.05, 0.1) is 0 Å². The molecule has 0 aliphatic carbocycles. The van der Waals surface area contributed by atoms with Crippen molar-refractivity contribution in [2.24, 2.45) is 0 Å². The van der Waals surface area contributed by atoms with Crippen molar-refractivity contribution in [3.63, 3.8) is 0 Å². The van der Waals surface area contributed by atoms with Crippen LogP contribution in [0.25, 0.3) is 0 Å². The van der Waals surface area contributed by atoms with Gasteiger partial charge in [-0.15, -0.1) is 0 Å². The van der Waals surface area contributed by atoms with Gasteiger partial charge < -0.3 is 10.2 Å². The van der Waals surface area contributed by atoms with E-state index in [0.717, 1.165) is 23.2 Å². The Morgan fingerprint density at radius 3 is 2.64 bits per heavy atom. The summed E-state index contributed by atoms with van der Waals surface area (Å²) in [5.41, 5.74) is 3.17. The summed E-state index contributed by atoms with van der Waals surface area (Å²) in [6, 6.07) is 13.2. The standard InChI is InChI=1S/C21H22ClN5O/c1-15-13-19(20(28)27(2)12-9-16-7-10-23-11-8-16)26-21(25-15)24-14-17-5-3-4-6-18(17)22/h3-8,10-11,13H,9,12,14H2,1-2H3,(H,24,25,26). The van der Waals surface area contributed by atoms with E-state index in [0.29, 0.717) is 29.8 Å². The van der Waals surface area contributed by atoms with Crippen LogP contribution < -0.4 is 5.32 Å². The van der Waals surface area contributed by atoms with Gasteiger partial charge in [0.1, 0.15) is 5.69 Å². The minimum absolute atomic E-state index is 0.139. The number of carbonyl (C=O) groups excluding carboxylic acids is 1. The number of nitrogens with one attached hydrogen (secondary N) is 1. The maximum atomic E-state index is 12.8. The quantitative estimate of drug-likeness (QED) is 0.659. The lowest BCUT2D eigenvalue weighted by Gasteiger charge is -2.17. The second-order valence-electron chi connectivity index (χ2n) is 6.50. The van der Waals surface area contributed by atoms with Gasteiger partial charge in [-0.3, -0.25) is 9.78 Å². The van der Waals surface area contributed by atoms with E-state index in [4.69, 9.17) is 11.6 Å². The van der Waals surface area contributed by atoms with Gasteiger partial charge in [0.2, 0.25) is 5.95 Å². The molecule has 1 aromatic carbocycles. The average Bonchev–Trinajstić information content (AvgIpc) is 2.71. The van der Waals surface area contributed by atoms with Crippen LogP contribution in [0.2, 0.25) is 5.02 Å². The molecule has 0 bridgehead atoms. The number of nitrogens with zero attached hydrogens (tertiary/aromatic N) is 4. The molecule has 3 aromatic rings. The predicted molar refractivity (Wildman–Crippen MR) is 110 cm³/mol. The van der Waals surface area contributed by atoms with Crippen LogP contribution in [0.15, 0.2) is 54.9 Å². The lowest BCUT2D eigenvalue weighted by Crippen LogP contribution is -2.30. The number of likely N-dealkylation sites (N-methyl/N-ethyl adjacent to an activating group) is 1. The predicted octanol–water partition coefficient (Wildman–Crippen LogP) is 3.76. The summed E-state index contributed by atoms with van der Waals surface area (Å²) < 4.78 is 0. The zero-order chi connectivity index (χ0) is 19.9. The summed E-state index contributed by atoms with van der Waals surface area (Å²) in [7, 11) is 1.78. The monoisotopic (exact) mass is 395 g/mol. The number of anilines is 1. The summed E-state index contributed by atoms with van der Waals surface area (Å²) in [6.07, 6.45) is 4.26. The van der Waals surface area contributed by atoms with Gasteiger partial charge in [-0.25, -0.2) is 9.97 Å². The van der Waals surface area contributed by atoms with Crippen LogP contribution in [0.1, 0.15) is 27.3 Å². The third kappa shape index (κ3) is 5.27. The Kier molecular flexibility index (Phi) is 6.55. The molecule has 0 saturated carbocycles. The van der Waals surface area contributed by atoms with Crippen LogP contribution in [0, 0.1) is 6.92 Å². The first-order chi connectivity index (χ1) is 13.5. The Hall–Kier alpha value is -2.99. The topological polar surface area (TPSA) is 71.0 Å². The maximum Gasteiger partial charge on any atom is 0.272 e. The van der Waals surface area contributed by atoms with E-state index in [2.05, 4.69) is 20.3 Å². The van der Waals surface area contributed by atoms with E-state index in [-0.39, 0.29) is 5.91 Å². The van der Waals surface area contributed by atoms with Crippen LogP contribution >= 0.6 is 11.6 Å². The molecule has 0 fully saturated rings. The van der Waals surface area contributed by atoms with E-state index in [1.54, 1.807) is 30.4 Å². The van der Waals surface area contributed by atoms with E-state index in [1.165, 1.54) is 0 Å². The molecule has 0 saturated heterocycles. The van der Waals surface area contributed by atoms with Crippen LogP contribution in [-0.2, 0) is 13.0 Å². The molecule has 1 N–H and O–H groups in total. The van der Waals surface area contributed by atoms with Crippen LogP contribution in [0.3, 0.4) is 0 Å². The second-order valence-corrected chi connectivity index (χ2v) is 6.90. The van der Waals surface area contributed by atoms with Gasteiger partial charge in [0, 0.05) is 43.2 Å². The molecule has 0 unspecified atom stereocenters. The van der Waals surface area contributed by atoms with Gasteiger partial charge >= 0.3 is 0 Å². The fourth-order valence-electron chi connectivity index (χ4n) is 2.72. The number of hydrogen-bond donors (Lipinski definition) is 1. The van der Waals surface area contributed by atoms with Crippen LogP contribution in [0.5, 0.6) is 0 Å². The SMILES string of the molecule is Cc1cc(C(=O)N(C)CCc2ccncc2)nc(NCc2ccccc2Cl)n1. The zero-order valence-corrected chi connectivity index (χ0v) is 16.6. The molecule has 0 atom stereocenters. The Morgan fingerprint density at radius 1 is 1.14 bits per heavy atom. The Morgan fingerprint density at radius 2 is 1.89 bits per heavy atom. The zero-order valence-electron chi connectivity index (χ0n) is 15.9. The highest BCUT2D eigenvalue weighted by molar-refractivity contribution is 6.31. The highest BCUT2D eigenvalue weighted by Gasteiger charge is 2.15. The third-order valence-electron chi connectivity index (χ3n) is 4.30. The number of aryl methyl sites for hydroxylation is 1. The average molecular weight is 396 g/mol. The molecule has 2 heterocycles. The first kappa shape index (κ1) is 19.8. The van der Waals surface area contributed by atoms with Gasteiger partial charge in [0.15, 0.2) is 0 Å². The number of aromatic nitrogens is 3. The molecule has 2 aromatic heterocycles. The minimum atomic E-state index is -0.139. The largest absolute Gasteiger partial charge is 0.350 e. The number of pyridine rings is 1. The second kappa shape index (κ2) is 9.28. The smallest absolute Gasteiger partial charge is 0.272 e. The van der Waals surface area contributed by atoms with Crippen molar-refractivity contribution in [3.8, 4) is 0 Å². The fourth-order valence-corrected chi connectivity index (χ4v) is 2.92. The van der Waals surface area contributed by atoms with E-state index in [1.807, 2.05) is 43.3 Å². The van der Waals surface area contributed by atoms with Gasteiger partial charge in [-0.05, 0) is 48.7 Å². The van der Waals surface area contributed by atoms with Crippen molar-refractivity contribution in [1.29, 1.82) is 0 Å². The van der Waals surface area contributed by atoms with Crippen molar-refractivity contribution < 1.29 is 4.79 Å². The molecule has 0 spiro atoms. The summed E-state index contributed by atoms with van der Waals surface area (Å²) >= 11 is 6.18. The number of carbonyl (C=O) groups is 1. The molecule has 0 aliphatic heterocycles. The lowest BCUT2D eigenvalue weighted by molar-refractivity contribution is 0.0790. The van der Waals surface area contributed by atoms with Crippen LogP contribution in [-0.4, -0.2) is 39.4 Å². The van der Waals surface area contributed by atoms with Crippen molar-refractivity contribution >= 4 is 23.5 Å². The number of halogens is 1. The van der Waals surface area contributed by atoms with Gasteiger partial charge in [-0.1, -0.05) is 29.8 Å². The molecule has 6 nitrogen and oxygen atoms in total. The van der Waals surface area contributed by atoms with Crippen molar-refractivity contribution in [2.75, 3.05) is 18.9 Å². The summed E-state index contributed by atoms with van der Waals surface area (Å²) in [5.74, 6) is 0.270. The number of benzene rings is 1. The molecular weight excluding hydrogens is 374 g/mol. The van der Waals surface area contributed by atoms with E-state index in [9.17, 15) is 4.79 Å². The first-order valence-corrected chi connectivity index (χ1v) is 9.38. The normalized spacial score (nSPS) is 10.5. The minimum Gasteiger partial charge on any atom is -0.350 e. The Balaban J connectivity index is 1.66. The van der Waals surface area contributed by atoms with Gasteiger partial charge in [-0.2, -0.15) is 0 Å². The first-order valence-electron chi connectivity index (χ1n) is 9.00. The highest BCUT2D eigenvalue weighted by atomic mass is 35.5. The molecule has 7 heteroatoms.